The molecular weight excluding hydrogens is 327 g/mol. The monoisotopic (exact) mass is 345 g/mol. The number of nitrogens with zero attached hydrogens (tertiary/aromatic N) is 1. The fourth-order valence-corrected chi connectivity index (χ4v) is 2.48. The molecule has 0 radical (unpaired) electrons. The largest absolute Gasteiger partial charge is 0.573 e. The molecule has 132 valence electrons. The summed E-state index contributed by atoms with van der Waals surface area (Å²) >= 11 is 0. The molecule has 1 amide bonds. The number of ether oxygens (including phenoxy) is 1. The first-order chi connectivity index (χ1) is 10.9. The van der Waals surface area contributed by atoms with Crippen LogP contribution in [0.4, 0.5) is 13.2 Å². The van der Waals surface area contributed by atoms with Crippen LogP contribution in [0.15, 0.2) is 24.3 Å². The summed E-state index contributed by atoms with van der Waals surface area (Å²) in [5.41, 5.74) is -1.10. The normalized spacial score (nSPS) is 20.4. The zero-order chi connectivity index (χ0) is 18.3. The highest BCUT2D eigenvalue weighted by atomic mass is 19.4. The van der Waals surface area contributed by atoms with Crippen molar-refractivity contribution >= 4 is 11.9 Å². The van der Waals surface area contributed by atoms with Gasteiger partial charge < -0.3 is 14.7 Å². The molecule has 0 aromatic heterocycles. The second kappa shape index (κ2) is 5.99. The van der Waals surface area contributed by atoms with Crippen LogP contribution in [0.1, 0.15) is 31.7 Å². The van der Waals surface area contributed by atoms with E-state index in [1.807, 2.05) is 0 Å². The molecule has 1 fully saturated rings. The zero-order valence-electron chi connectivity index (χ0n) is 13.4. The lowest BCUT2D eigenvalue weighted by molar-refractivity contribution is -0.274. The van der Waals surface area contributed by atoms with E-state index in [4.69, 9.17) is 0 Å². The van der Waals surface area contributed by atoms with Gasteiger partial charge in [0.2, 0.25) is 5.91 Å². The van der Waals surface area contributed by atoms with Crippen LogP contribution in [-0.2, 0) is 9.59 Å². The Bertz CT molecular complexity index is 657. The average molecular weight is 345 g/mol. The minimum atomic E-state index is -4.81. The fourth-order valence-electron chi connectivity index (χ4n) is 2.48. The van der Waals surface area contributed by atoms with E-state index in [9.17, 15) is 27.9 Å². The van der Waals surface area contributed by atoms with Crippen molar-refractivity contribution in [1.82, 2.24) is 4.90 Å². The summed E-state index contributed by atoms with van der Waals surface area (Å²) in [5.74, 6) is -2.86. The zero-order valence-corrected chi connectivity index (χ0v) is 13.4. The van der Waals surface area contributed by atoms with Crippen LogP contribution in [0.25, 0.3) is 0 Å². The van der Waals surface area contributed by atoms with Gasteiger partial charge in [-0.1, -0.05) is 18.2 Å². The van der Waals surface area contributed by atoms with Crippen molar-refractivity contribution in [1.29, 1.82) is 0 Å². The molecule has 0 saturated heterocycles. The third kappa shape index (κ3) is 3.63. The number of halogens is 3. The number of hydrogen-bond acceptors (Lipinski definition) is 3. The van der Waals surface area contributed by atoms with E-state index in [0.29, 0.717) is 12.0 Å². The number of carbonyl (C=O) groups is 2. The first kappa shape index (κ1) is 18.1. The van der Waals surface area contributed by atoms with Crippen LogP contribution in [0.2, 0.25) is 0 Å². The summed E-state index contributed by atoms with van der Waals surface area (Å²) in [4.78, 5) is 24.8. The van der Waals surface area contributed by atoms with Gasteiger partial charge in [-0.15, -0.1) is 13.2 Å². The van der Waals surface area contributed by atoms with E-state index >= 15 is 0 Å². The standard InChI is InChI=1S/C16H18F3NO4/c1-15(2,14(22)23)20(3)13(21)11-8-10(11)9-6-4-5-7-12(9)24-16(17,18)19/h4-7,10-11H,8H2,1-3H3,(H,22,23). The third-order valence-corrected chi connectivity index (χ3v) is 4.34. The Morgan fingerprint density at radius 2 is 1.83 bits per heavy atom. The maximum Gasteiger partial charge on any atom is 0.573 e. The lowest BCUT2D eigenvalue weighted by Crippen LogP contribution is -2.51. The number of hydrogen-bond donors (Lipinski definition) is 1. The van der Waals surface area contributed by atoms with E-state index in [2.05, 4.69) is 4.74 Å². The number of carboxylic acid groups (broad SMARTS) is 1. The number of para-hydroxylation sites is 1. The molecule has 1 aromatic rings. The Balaban J connectivity index is 2.16. The van der Waals surface area contributed by atoms with Gasteiger partial charge in [0.1, 0.15) is 11.3 Å². The molecule has 1 N–H and O–H groups in total. The highest BCUT2D eigenvalue weighted by Gasteiger charge is 2.50. The quantitative estimate of drug-likeness (QED) is 0.891. The SMILES string of the molecule is CN(C(=O)C1CC1c1ccccc1OC(F)(F)F)C(C)(C)C(=O)O. The van der Waals surface area contributed by atoms with Crippen molar-refractivity contribution in [3.63, 3.8) is 0 Å². The van der Waals surface area contributed by atoms with E-state index < -0.39 is 35.6 Å². The van der Waals surface area contributed by atoms with Gasteiger partial charge in [-0.2, -0.15) is 0 Å². The molecule has 0 heterocycles. The summed E-state index contributed by atoms with van der Waals surface area (Å²) in [6.07, 6.45) is -4.45. The number of aliphatic carboxylic acids is 1. The number of carbonyl (C=O) groups excluding carboxylic acids is 1. The van der Waals surface area contributed by atoms with Gasteiger partial charge in [-0.05, 0) is 37.8 Å². The van der Waals surface area contributed by atoms with E-state index in [-0.39, 0.29) is 5.75 Å². The second-order valence-corrected chi connectivity index (χ2v) is 6.30. The Morgan fingerprint density at radius 3 is 2.38 bits per heavy atom. The Labute approximate surface area is 137 Å². The highest BCUT2D eigenvalue weighted by Crippen LogP contribution is 2.52. The van der Waals surface area contributed by atoms with E-state index in [1.165, 1.54) is 39.1 Å². The minimum Gasteiger partial charge on any atom is -0.480 e. The van der Waals surface area contributed by atoms with Crippen molar-refractivity contribution in [2.75, 3.05) is 7.05 Å². The summed E-state index contributed by atoms with van der Waals surface area (Å²) in [7, 11) is 1.38. The van der Waals surface area contributed by atoms with E-state index in [0.717, 1.165) is 4.90 Å². The lowest BCUT2D eigenvalue weighted by atomic mass is 10.0. The molecule has 24 heavy (non-hydrogen) atoms. The Hall–Kier alpha value is -2.25. The maximum absolute atomic E-state index is 12.5. The van der Waals surface area contributed by atoms with Crippen LogP contribution in [0, 0.1) is 5.92 Å². The molecule has 5 nitrogen and oxygen atoms in total. The smallest absolute Gasteiger partial charge is 0.480 e. The number of carboxylic acids is 1. The molecular formula is C16H18F3NO4. The van der Waals surface area contributed by atoms with Crippen LogP contribution in [0.5, 0.6) is 5.75 Å². The first-order valence-electron chi connectivity index (χ1n) is 7.31. The number of alkyl halides is 3. The molecule has 1 saturated carbocycles. The second-order valence-electron chi connectivity index (χ2n) is 6.30. The van der Waals surface area contributed by atoms with Gasteiger partial charge >= 0.3 is 12.3 Å². The number of likely N-dealkylation sites (N-methyl/N-ethyl adjacent to an activating group) is 1. The molecule has 2 rings (SSSR count). The predicted molar refractivity (Wildman–Crippen MR) is 78.5 cm³/mol. The van der Waals surface area contributed by atoms with Crippen molar-refractivity contribution in [2.45, 2.75) is 38.1 Å². The van der Waals surface area contributed by atoms with Gasteiger partial charge in [-0.25, -0.2) is 4.79 Å². The van der Waals surface area contributed by atoms with Gasteiger partial charge in [0.15, 0.2) is 0 Å². The van der Waals surface area contributed by atoms with Crippen LogP contribution in [-0.4, -0.2) is 40.8 Å². The molecule has 2 unspecified atom stereocenters. The third-order valence-electron chi connectivity index (χ3n) is 4.34. The minimum absolute atomic E-state index is 0.301. The van der Waals surface area contributed by atoms with Gasteiger partial charge in [0.25, 0.3) is 0 Å². The van der Waals surface area contributed by atoms with Crippen LogP contribution >= 0.6 is 0 Å². The molecule has 1 aliphatic rings. The summed E-state index contributed by atoms with van der Waals surface area (Å²) in [6, 6.07) is 5.68. The fraction of sp³-hybridized carbons (Fsp3) is 0.500. The molecule has 1 aromatic carbocycles. The van der Waals surface area contributed by atoms with Gasteiger partial charge in [-0.3, -0.25) is 4.79 Å². The summed E-state index contributed by atoms with van der Waals surface area (Å²) < 4.78 is 41.4. The molecule has 2 atom stereocenters. The van der Waals surface area contributed by atoms with Crippen LogP contribution in [0.3, 0.4) is 0 Å². The Morgan fingerprint density at radius 1 is 1.25 bits per heavy atom. The maximum atomic E-state index is 12.5. The average Bonchev–Trinajstić information content (AvgIpc) is 3.24. The summed E-state index contributed by atoms with van der Waals surface area (Å²) in [6.45, 7) is 2.79. The van der Waals surface area contributed by atoms with Crippen LogP contribution < -0.4 is 4.74 Å². The van der Waals surface area contributed by atoms with Crippen molar-refractivity contribution in [3.05, 3.63) is 29.8 Å². The molecule has 1 aliphatic carbocycles. The molecule has 0 spiro atoms. The van der Waals surface area contributed by atoms with Gasteiger partial charge in [0.05, 0.1) is 0 Å². The highest BCUT2D eigenvalue weighted by molar-refractivity contribution is 5.89. The van der Waals surface area contributed by atoms with Gasteiger partial charge in [0, 0.05) is 13.0 Å². The van der Waals surface area contributed by atoms with Crippen molar-refractivity contribution in [3.8, 4) is 5.75 Å². The topological polar surface area (TPSA) is 66.8 Å². The number of rotatable bonds is 5. The van der Waals surface area contributed by atoms with Crippen molar-refractivity contribution < 1.29 is 32.6 Å². The Kier molecular flexibility index (Phi) is 4.52. The molecule has 0 aliphatic heterocycles. The lowest BCUT2D eigenvalue weighted by Gasteiger charge is -2.31. The predicted octanol–water partition coefficient (Wildman–Crippen LogP) is 3.01. The number of amides is 1. The number of benzene rings is 1. The first-order valence-corrected chi connectivity index (χ1v) is 7.31. The van der Waals surface area contributed by atoms with E-state index in [1.54, 1.807) is 6.07 Å². The summed E-state index contributed by atoms with van der Waals surface area (Å²) in [5, 5.41) is 9.18. The molecule has 8 heteroatoms. The van der Waals surface area contributed by atoms with Crippen molar-refractivity contribution in [2.24, 2.45) is 5.92 Å². The molecule has 0 bridgehead atoms.